The molecule has 0 nitrogen and oxygen atoms in total. The zero-order chi connectivity index (χ0) is 6.57. The highest BCUT2D eigenvalue weighted by molar-refractivity contribution is 4.99. The van der Waals surface area contributed by atoms with Crippen LogP contribution in [0.25, 0.3) is 0 Å². The SMILES string of the molecule is C.C.CC=C(C)C(C)CC. The molecule has 0 aliphatic heterocycles. The standard InChI is InChI=1S/C8H16.2CH4/c1-5-7(3)8(4)6-2;;/h5,8H,6H2,1-4H3;2*1H4. The maximum atomic E-state index is 2.26. The van der Waals surface area contributed by atoms with Gasteiger partial charge in [0.25, 0.3) is 0 Å². The van der Waals surface area contributed by atoms with E-state index in [0.717, 1.165) is 5.92 Å². The molecule has 64 valence electrons. The summed E-state index contributed by atoms with van der Waals surface area (Å²) in [6.07, 6.45) is 3.45. The van der Waals surface area contributed by atoms with Gasteiger partial charge in [-0.05, 0) is 26.2 Å². The molecule has 0 aromatic carbocycles. The second kappa shape index (κ2) is 8.74. The maximum Gasteiger partial charge on any atom is -0.0237 e. The molecular formula is C10H24. The molecule has 0 N–H and O–H groups in total. The van der Waals surface area contributed by atoms with Crippen molar-refractivity contribution in [2.24, 2.45) is 5.92 Å². The molecule has 0 saturated heterocycles. The molecule has 1 unspecified atom stereocenters. The van der Waals surface area contributed by atoms with Gasteiger partial charge >= 0.3 is 0 Å². The van der Waals surface area contributed by atoms with Gasteiger partial charge in [0.05, 0.1) is 0 Å². The summed E-state index contributed by atoms with van der Waals surface area (Å²) >= 11 is 0. The minimum atomic E-state index is 0. The Kier molecular flexibility index (Phi) is 14.3. The number of allylic oxidation sites excluding steroid dienone is 2. The third kappa shape index (κ3) is 5.87. The predicted molar refractivity (Wildman–Crippen MR) is 52.3 cm³/mol. The van der Waals surface area contributed by atoms with Crippen molar-refractivity contribution in [3.05, 3.63) is 11.6 Å². The summed E-state index contributed by atoms with van der Waals surface area (Å²) in [6, 6.07) is 0. The average molecular weight is 144 g/mol. The van der Waals surface area contributed by atoms with Gasteiger partial charge in [0, 0.05) is 0 Å². The van der Waals surface area contributed by atoms with E-state index in [1.54, 1.807) is 0 Å². The van der Waals surface area contributed by atoms with Crippen LogP contribution in [-0.4, -0.2) is 0 Å². The summed E-state index contributed by atoms with van der Waals surface area (Å²) in [7, 11) is 0. The summed E-state index contributed by atoms with van der Waals surface area (Å²) in [5, 5.41) is 0. The molecule has 0 saturated carbocycles. The molecule has 1 atom stereocenters. The highest BCUT2D eigenvalue weighted by Gasteiger charge is 1.96. The van der Waals surface area contributed by atoms with Crippen LogP contribution >= 0.6 is 0 Å². The van der Waals surface area contributed by atoms with Crippen LogP contribution in [0.1, 0.15) is 49.0 Å². The van der Waals surface area contributed by atoms with Crippen LogP contribution in [0.4, 0.5) is 0 Å². The van der Waals surface area contributed by atoms with Gasteiger partial charge < -0.3 is 0 Å². The summed E-state index contributed by atoms with van der Waals surface area (Å²) < 4.78 is 0. The van der Waals surface area contributed by atoms with E-state index in [0.29, 0.717) is 0 Å². The molecule has 0 aliphatic rings. The van der Waals surface area contributed by atoms with Gasteiger partial charge in [0.2, 0.25) is 0 Å². The molecule has 0 radical (unpaired) electrons. The van der Waals surface area contributed by atoms with Gasteiger partial charge in [-0.2, -0.15) is 0 Å². The van der Waals surface area contributed by atoms with E-state index in [2.05, 4.69) is 33.8 Å². The minimum absolute atomic E-state index is 0. The first-order valence-electron chi connectivity index (χ1n) is 3.35. The quantitative estimate of drug-likeness (QED) is 0.508. The molecule has 0 amide bonds. The highest BCUT2D eigenvalue weighted by Crippen LogP contribution is 2.11. The van der Waals surface area contributed by atoms with E-state index in [1.165, 1.54) is 12.0 Å². The Morgan fingerprint density at radius 2 is 1.80 bits per heavy atom. The third-order valence-electron chi connectivity index (χ3n) is 1.85. The first-order chi connectivity index (χ1) is 3.72. The lowest BCUT2D eigenvalue weighted by Crippen LogP contribution is -1.91. The summed E-state index contributed by atoms with van der Waals surface area (Å²) in [6.45, 7) is 8.77. The maximum absolute atomic E-state index is 2.26. The molecule has 0 rings (SSSR count). The normalized spacial score (nSPS) is 13.0. The van der Waals surface area contributed by atoms with E-state index in [4.69, 9.17) is 0 Å². The largest absolute Gasteiger partial charge is 0.0885 e. The van der Waals surface area contributed by atoms with Crippen molar-refractivity contribution in [3.8, 4) is 0 Å². The minimum Gasteiger partial charge on any atom is -0.0885 e. The topological polar surface area (TPSA) is 0 Å². The van der Waals surface area contributed by atoms with Crippen molar-refractivity contribution in [3.63, 3.8) is 0 Å². The van der Waals surface area contributed by atoms with Gasteiger partial charge in [0.1, 0.15) is 0 Å². The average Bonchev–Trinajstić information content (AvgIpc) is 1.84. The third-order valence-corrected chi connectivity index (χ3v) is 1.85. The van der Waals surface area contributed by atoms with Gasteiger partial charge in [-0.3, -0.25) is 0 Å². The van der Waals surface area contributed by atoms with Gasteiger partial charge in [-0.1, -0.05) is 40.3 Å². The fourth-order valence-electron chi connectivity index (χ4n) is 0.606. The molecule has 0 aromatic rings. The van der Waals surface area contributed by atoms with Gasteiger partial charge in [-0.25, -0.2) is 0 Å². The lowest BCUT2D eigenvalue weighted by atomic mass is 10.0. The van der Waals surface area contributed by atoms with Crippen LogP contribution in [0.3, 0.4) is 0 Å². The fourth-order valence-corrected chi connectivity index (χ4v) is 0.606. The summed E-state index contributed by atoms with van der Waals surface area (Å²) in [5.41, 5.74) is 1.51. The lowest BCUT2D eigenvalue weighted by Gasteiger charge is -2.06. The molecule has 0 fully saturated rings. The monoisotopic (exact) mass is 144 g/mol. The Bertz CT molecular complexity index is 80.0. The second-order valence-electron chi connectivity index (χ2n) is 2.34. The van der Waals surface area contributed by atoms with Crippen LogP contribution in [-0.2, 0) is 0 Å². The van der Waals surface area contributed by atoms with Crippen molar-refractivity contribution < 1.29 is 0 Å². The van der Waals surface area contributed by atoms with E-state index in [-0.39, 0.29) is 14.9 Å². The number of rotatable bonds is 2. The first-order valence-corrected chi connectivity index (χ1v) is 3.35. The Balaban J connectivity index is -0.000000245. The predicted octanol–water partition coefficient (Wildman–Crippen LogP) is 4.27. The van der Waals surface area contributed by atoms with Crippen molar-refractivity contribution in [1.29, 1.82) is 0 Å². The molecular weight excluding hydrogens is 120 g/mol. The van der Waals surface area contributed by atoms with E-state index < -0.39 is 0 Å². The highest BCUT2D eigenvalue weighted by atomic mass is 14.0. The Labute approximate surface area is 67.3 Å². The van der Waals surface area contributed by atoms with E-state index in [9.17, 15) is 0 Å². The van der Waals surface area contributed by atoms with Crippen LogP contribution < -0.4 is 0 Å². The number of hydrogen-bond donors (Lipinski definition) is 0. The van der Waals surface area contributed by atoms with Crippen molar-refractivity contribution in [1.82, 2.24) is 0 Å². The molecule has 10 heavy (non-hydrogen) atoms. The van der Waals surface area contributed by atoms with Crippen molar-refractivity contribution in [2.45, 2.75) is 49.0 Å². The van der Waals surface area contributed by atoms with Gasteiger partial charge in [0.15, 0.2) is 0 Å². The van der Waals surface area contributed by atoms with Crippen LogP contribution in [0.15, 0.2) is 11.6 Å². The van der Waals surface area contributed by atoms with Gasteiger partial charge in [-0.15, -0.1) is 0 Å². The molecule has 0 heterocycles. The lowest BCUT2D eigenvalue weighted by molar-refractivity contribution is 0.654. The Morgan fingerprint density at radius 1 is 1.40 bits per heavy atom. The summed E-state index contributed by atoms with van der Waals surface area (Å²) in [5.74, 6) is 0.778. The summed E-state index contributed by atoms with van der Waals surface area (Å²) in [4.78, 5) is 0. The van der Waals surface area contributed by atoms with Crippen LogP contribution in [0, 0.1) is 5.92 Å². The van der Waals surface area contributed by atoms with Crippen molar-refractivity contribution in [2.75, 3.05) is 0 Å². The van der Waals surface area contributed by atoms with E-state index >= 15 is 0 Å². The molecule has 0 bridgehead atoms. The fraction of sp³-hybridized carbons (Fsp3) is 0.800. The van der Waals surface area contributed by atoms with Crippen molar-refractivity contribution >= 4 is 0 Å². The molecule has 0 aromatic heterocycles. The Morgan fingerprint density at radius 3 is 1.90 bits per heavy atom. The zero-order valence-corrected chi connectivity index (χ0v) is 6.36. The Hall–Kier alpha value is -0.260. The van der Waals surface area contributed by atoms with Crippen LogP contribution in [0.5, 0.6) is 0 Å². The van der Waals surface area contributed by atoms with E-state index in [1.807, 2.05) is 0 Å². The second-order valence-corrected chi connectivity index (χ2v) is 2.34. The molecule has 0 spiro atoms. The number of hydrogen-bond acceptors (Lipinski definition) is 0. The molecule has 0 heteroatoms. The smallest absolute Gasteiger partial charge is 0.0237 e. The molecule has 0 aliphatic carbocycles. The zero-order valence-electron chi connectivity index (χ0n) is 6.36. The first kappa shape index (κ1) is 16.4. The van der Waals surface area contributed by atoms with Crippen LogP contribution in [0.2, 0.25) is 0 Å².